The molecule has 3 aromatic rings. The van der Waals surface area contributed by atoms with Crippen LogP contribution in [0.4, 0.5) is 17.1 Å². The molecule has 0 bridgehead atoms. The Kier molecular flexibility index (Phi) is 7.19. The van der Waals surface area contributed by atoms with Gasteiger partial charge in [0.15, 0.2) is 11.5 Å². The van der Waals surface area contributed by atoms with Crippen LogP contribution >= 0.6 is 0 Å². The Hall–Kier alpha value is -4.47. The number of non-ortho nitro benzene ring substituents is 1. The third-order valence-electron chi connectivity index (χ3n) is 4.65. The molecule has 0 saturated heterocycles. The van der Waals surface area contributed by atoms with Gasteiger partial charge in [0.05, 0.1) is 29.2 Å². The number of anilines is 1. The van der Waals surface area contributed by atoms with Gasteiger partial charge in [0, 0.05) is 6.07 Å². The minimum atomic E-state index is -0.713. The predicted octanol–water partition coefficient (Wildman–Crippen LogP) is 5.15. The van der Waals surface area contributed by atoms with Crippen molar-refractivity contribution in [1.29, 1.82) is 0 Å². The van der Waals surface area contributed by atoms with Gasteiger partial charge < -0.3 is 9.47 Å². The Morgan fingerprint density at radius 1 is 0.939 bits per heavy atom. The molecule has 0 aromatic heterocycles. The first kappa shape index (κ1) is 23.2. The smallest absolute Gasteiger partial charge is 0.301 e. The van der Waals surface area contributed by atoms with Gasteiger partial charge in [-0.3, -0.25) is 25.7 Å². The van der Waals surface area contributed by atoms with Crippen molar-refractivity contribution in [2.24, 2.45) is 5.10 Å². The summed E-state index contributed by atoms with van der Waals surface area (Å²) in [5.41, 5.74) is 5.78. The molecule has 0 unspecified atom stereocenters. The molecule has 0 heterocycles. The Labute approximate surface area is 189 Å². The van der Waals surface area contributed by atoms with E-state index >= 15 is 0 Å². The lowest BCUT2D eigenvalue weighted by molar-refractivity contribution is -0.393. The van der Waals surface area contributed by atoms with Crippen molar-refractivity contribution in [2.45, 2.75) is 20.5 Å². The largest absolute Gasteiger partial charge is 0.493 e. The van der Waals surface area contributed by atoms with Crippen LogP contribution in [-0.4, -0.2) is 23.2 Å². The summed E-state index contributed by atoms with van der Waals surface area (Å²) in [5, 5.41) is 26.1. The van der Waals surface area contributed by atoms with Crippen LogP contribution < -0.4 is 14.9 Å². The summed E-state index contributed by atoms with van der Waals surface area (Å²) in [7, 11) is 1.53. The highest BCUT2D eigenvalue weighted by Crippen LogP contribution is 2.30. The second-order valence-corrected chi connectivity index (χ2v) is 7.28. The minimum Gasteiger partial charge on any atom is -0.493 e. The Balaban J connectivity index is 1.72. The number of ether oxygens (including phenoxy) is 2. The molecule has 10 nitrogen and oxygen atoms in total. The second-order valence-electron chi connectivity index (χ2n) is 7.28. The fraction of sp³-hybridized carbons (Fsp3) is 0.174. The Morgan fingerprint density at radius 2 is 1.67 bits per heavy atom. The molecule has 0 spiro atoms. The number of benzene rings is 3. The van der Waals surface area contributed by atoms with Crippen LogP contribution in [-0.2, 0) is 6.61 Å². The number of nitro benzene ring substituents is 2. The molecule has 33 heavy (non-hydrogen) atoms. The molecule has 0 fully saturated rings. The van der Waals surface area contributed by atoms with Crippen molar-refractivity contribution < 1.29 is 19.3 Å². The van der Waals surface area contributed by atoms with Crippen LogP contribution in [0.1, 0.15) is 22.3 Å². The van der Waals surface area contributed by atoms with Crippen LogP contribution in [0.2, 0.25) is 0 Å². The lowest BCUT2D eigenvalue weighted by atomic mass is 10.1. The first-order chi connectivity index (χ1) is 15.8. The van der Waals surface area contributed by atoms with Gasteiger partial charge in [-0.15, -0.1) is 0 Å². The summed E-state index contributed by atoms with van der Waals surface area (Å²) in [4.78, 5) is 20.6. The van der Waals surface area contributed by atoms with Crippen molar-refractivity contribution in [2.75, 3.05) is 12.5 Å². The van der Waals surface area contributed by atoms with Gasteiger partial charge in [0.25, 0.3) is 5.69 Å². The third kappa shape index (κ3) is 6.03. The average Bonchev–Trinajstić information content (AvgIpc) is 2.77. The molecule has 0 aliphatic carbocycles. The number of hydrogen-bond donors (Lipinski definition) is 1. The highest BCUT2D eigenvalue weighted by molar-refractivity contribution is 5.82. The van der Waals surface area contributed by atoms with E-state index in [0.29, 0.717) is 23.7 Å². The zero-order valence-corrected chi connectivity index (χ0v) is 18.3. The number of nitrogens with one attached hydrogen (secondary N) is 1. The topological polar surface area (TPSA) is 129 Å². The van der Waals surface area contributed by atoms with Gasteiger partial charge in [-0.2, -0.15) is 5.10 Å². The average molecular weight is 450 g/mol. The lowest BCUT2D eigenvalue weighted by Gasteiger charge is -2.12. The molecule has 0 radical (unpaired) electrons. The Bertz CT molecular complexity index is 1210. The third-order valence-corrected chi connectivity index (χ3v) is 4.65. The lowest BCUT2D eigenvalue weighted by Crippen LogP contribution is -2.00. The van der Waals surface area contributed by atoms with E-state index in [-0.39, 0.29) is 11.4 Å². The van der Waals surface area contributed by atoms with E-state index in [1.807, 2.05) is 13.8 Å². The van der Waals surface area contributed by atoms with E-state index < -0.39 is 15.5 Å². The van der Waals surface area contributed by atoms with Crippen LogP contribution in [0, 0.1) is 34.1 Å². The number of hydrogen-bond acceptors (Lipinski definition) is 8. The standard InChI is InChI=1S/C23H22N4O6/c1-15-8-16(2)10-18(9-15)14-33-22-7-4-17(11-23(22)32-3)13-24-25-20-6-5-19(26(28)29)12-21(20)27(30)31/h4-13,25H,14H2,1-3H3/b24-13+. The Morgan fingerprint density at radius 3 is 2.30 bits per heavy atom. The number of nitrogens with zero attached hydrogens (tertiary/aromatic N) is 3. The molecule has 0 atom stereocenters. The van der Waals surface area contributed by atoms with Gasteiger partial charge in [0.1, 0.15) is 12.3 Å². The molecule has 170 valence electrons. The van der Waals surface area contributed by atoms with Gasteiger partial charge in [-0.25, -0.2) is 0 Å². The molecule has 10 heteroatoms. The van der Waals surface area contributed by atoms with Gasteiger partial charge in [-0.1, -0.05) is 29.3 Å². The fourth-order valence-corrected chi connectivity index (χ4v) is 3.25. The second kappa shape index (κ2) is 10.2. The molecular formula is C23H22N4O6. The van der Waals surface area contributed by atoms with Gasteiger partial charge in [-0.05, 0) is 49.2 Å². The molecule has 1 N–H and O–H groups in total. The quantitative estimate of drug-likeness (QED) is 0.271. The van der Waals surface area contributed by atoms with Crippen LogP contribution in [0.5, 0.6) is 11.5 Å². The molecule has 3 aromatic carbocycles. The summed E-state index contributed by atoms with van der Waals surface area (Å²) in [6.07, 6.45) is 1.45. The normalized spacial score (nSPS) is 10.8. The summed E-state index contributed by atoms with van der Waals surface area (Å²) < 4.78 is 11.3. The number of methoxy groups -OCH3 is 1. The summed E-state index contributed by atoms with van der Waals surface area (Å²) in [6.45, 7) is 4.45. The summed E-state index contributed by atoms with van der Waals surface area (Å²) in [5.74, 6) is 1.07. The van der Waals surface area contributed by atoms with E-state index in [9.17, 15) is 20.2 Å². The number of aryl methyl sites for hydroxylation is 2. The summed E-state index contributed by atoms with van der Waals surface area (Å²) in [6, 6.07) is 14.7. The summed E-state index contributed by atoms with van der Waals surface area (Å²) >= 11 is 0. The first-order valence-corrected chi connectivity index (χ1v) is 9.86. The zero-order valence-electron chi connectivity index (χ0n) is 18.3. The van der Waals surface area contributed by atoms with Crippen molar-refractivity contribution in [1.82, 2.24) is 0 Å². The fourth-order valence-electron chi connectivity index (χ4n) is 3.25. The highest BCUT2D eigenvalue weighted by atomic mass is 16.6. The van der Waals surface area contributed by atoms with E-state index in [0.717, 1.165) is 28.8 Å². The van der Waals surface area contributed by atoms with E-state index in [1.54, 1.807) is 18.2 Å². The number of nitro groups is 2. The molecule has 0 saturated carbocycles. The molecular weight excluding hydrogens is 428 g/mol. The molecule has 0 amide bonds. The van der Waals surface area contributed by atoms with E-state index in [2.05, 4.69) is 28.7 Å². The highest BCUT2D eigenvalue weighted by Gasteiger charge is 2.19. The van der Waals surface area contributed by atoms with Crippen molar-refractivity contribution >= 4 is 23.3 Å². The van der Waals surface area contributed by atoms with Crippen LogP contribution in [0.25, 0.3) is 0 Å². The monoisotopic (exact) mass is 450 g/mol. The minimum absolute atomic E-state index is 0.0298. The van der Waals surface area contributed by atoms with Crippen LogP contribution in [0.15, 0.2) is 59.7 Å². The maximum absolute atomic E-state index is 11.2. The maximum Gasteiger partial charge on any atom is 0.301 e. The molecule has 0 aliphatic heterocycles. The molecule has 3 rings (SSSR count). The van der Waals surface area contributed by atoms with E-state index in [1.165, 1.54) is 19.4 Å². The van der Waals surface area contributed by atoms with Gasteiger partial charge >= 0.3 is 5.69 Å². The SMILES string of the molecule is COc1cc(/C=N/Nc2ccc([N+](=O)[O-])cc2[N+](=O)[O-])ccc1OCc1cc(C)cc(C)c1. The first-order valence-electron chi connectivity index (χ1n) is 9.86. The zero-order chi connectivity index (χ0) is 24.0. The maximum atomic E-state index is 11.2. The van der Waals surface area contributed by atoms with Crippen molar-refractivity contribution in [3.05, 3.63) is 97.1 Å². The molecule has 0 aliphatic rings. The van der Waals surface area contributed by atoms with Crippen LogP contribution in [0.3, 0.4) is 0 Å². The van der Waals surface area contributed by atoms with Crippen molar-refractivity contribution in [3.63, 3.8) is 0 Å². The van der Waals surface area contributed by atoms with Crippen molar-refractivity contribution in [3.8, 4) is 11.5 Å². The predicted molar refractivity (Wildman–Crippen MR) is 124 cm³/mol. The van der Waals surface area contributed by atoms with E-state index in [4.69, 9.17) is 9.47 Å². The number of rotatable bonds is 9. The van der Waals surface area contributed by atoms with Gasteiger partial charge in [0.2, 0.25) is 0 Å². The number of hydrazone groups is 1.